The molecule has 0 spiro atoms. The van der Waals surface area contributed by atoms with Crippen LogP contribution in [0.25, 0.3) is 0 Å². The minimum atomic E-state index is -1.00. The Hall–Kier alpha value is -3.22. The Labute approximate surface area is 163 Å². The fraction of sp³-hybridized carbons (Fsp3) is 0.333. The highest BCUT2D eigenvalue weighted by atomic mass is 16.5. The molecule has 2 aromatic rings. The predicted molar refractivity (Wildman–Crippen MR) is 105 cm³/mol. The first-order valence-corrected chi connectivity index (χ1v) is 9.12. The van der Waals surface area contributed by atoms with E-state index in [0.29, 0.717) is 30.2 Å². The molecule has 0 aliphatic carbocycles. The first kappa shape index (κ1) is 19.5. The second-order valence-electron chi connectivity index (χ2n) is 6.72. The van der Waals surface area contributed by atoms with Gasteiger partial charge in [0.1, 0.15) is 11.5 Å². The summed E-state index contributed by atoms with van der Waals surface area (Å²) < 4.78 is 10.6. The number of piperidine rings is 1. The fourth-order valence-corrected chi connectivity index (χ4v) is 3.34. The van der Waals surface area contributed by atoms with Gasteiger partial charge in [-0.05, 0) is 37.1 Å². The lowest BCUT2D eigenvalue weighted by Gasteiger charge is -2.34. The summed E-state index contributed by atoms with van der Waals surface area (Å²) in [6.07, 6.45) is 1.83. The zero-order chi connectivity index (χ0) is 20.1. The van der Waals surface area contributed by atoms with E-state index in [-0.39, 0.29) is 17.5 Å². The number of amides is 1. The highest BCUT2D eigenvalue weighted by Gasteiger charge is 2.25. The highest BCUT2D eigenvalue weighted by Crippen LogP contribution is 2.27. The van der Waals surface area contributed by atoms with E-state index in [1.807, 2.05) is 18.2 Å². The number of ether oxygens (including phenoxy) is 2. The highest BCUT2D eigenvalue weighted by molar-refractivity contribution is 5.96. The van der Waals surface area contributed by atoms with E-state index in [4.69, 9.17) is 14.6 Å². The maximum Gasteiger partial charge on any atom is 0.335 e. The molecule has 0 saturated carbocycles. The van der Waals surface area contributed by atoms with Crippen molar-refractivity contribution in [3.63, 3.8) is 0 Å². The number of benzene rings is 2. The number of carbonyl (C=O) groups excluding carboxylic acids is 1. The Kier molecular flexibility index (Phi) is 6.03. The monoisotopic (exact) mass is 384 g/mol. The number of rotatable bonds is 6. The molecule has 3 rings (SSSR count). The van der Waals surface area contributed by atoms with Crippen LogP contribution in [0.3, 0.4) is 0 Å². The molecule has 7 heteroatoms. The van der Waals surface area contributed by atoms with E-state index in [1.54, 1.807) is 31.3 Å². The largest absolute Gasteiger partial charge is 0.497 e. The van der Waals surface area contributed by atoms with E-state index in [0.717, 1.165) is 18.5 Å². The van der Waals surface area contributed by atoms with Gasteiger partial charge in [0.2, 0.25) is 0 Å². The van der Waals surface area contributed by atoms with Gasteiger partial charge >= 0.3 is 5.97 Å². The van der Waals surface area contributed by atoms with Crippen LogP contribution in [0.1, 0.15) is 33.6 Å². The third-order valence-electron chi connectivity index (χ3n) is 4.81. The topological polar surface area (TPSA) is 88.1 Å². The molecule has 2 aromatic carbocycles. The number of nitrogens with one attached hydrogen (secondary N) is 1. The van der Waals surface area contributed by atoms with Crippen molar-refractivity contribution in [1.29, 1.82) is 0 Å². The number of anilines is 1. The lowest BCUT2D eigenvalue weighted by atomic mass is 10.0. The van der Waals surface area contributed by atoms with E-state index >= 15 is 0 Å². The molecule has 148 valence electrons. The Morgan fingerprint density at radius 1 is 1.04 bits per heavy atom. The average molecular weight is 384 g/mol. The molecule has 28 heavy (non-hydrogen) atoms. The molecule has 1 aliphatic heterocycles. The second-order valence-corrected chi connectivity index (χ2v) is 6.72. The first-order valence-electron chi connectivity index (χ1n) is 9.12. The van der Waals surface area contributed by atoms with E-state index in [1.165, 1.54) is 12.1 Å². The van der Waals surface area contributed by atoms with Gasteiger partial charge in [0.15, 0.2) is 0 Å². The summed E-state index contributed by atoms with van der Waals surface area (Å²) in [7, 11) is 3.21. The number of carbonyl (C=O) groups is 2. The van der Waals surface area contributed by atoms with Crippen molar-refractivity contribution < 1.29 is 24.2 Å². The number of nitrogens with zero attached hydrogens (tertiary/aromatic N) is 1. The zero-order valence-corrected chi connectivity index (χ0v) is 16.0. The Bertz CT molecular complexity index is 828. The number of carboxylic acid groups (broad SMARTS) is 1. The number of hydrogen-bond donors (Lipinski definition) is 2. The van der Waals surface area contributed by atoms with Crippen LogP contribution < -0.4 is 14.8 Å². The standard InChI is InChI=1S/C21H24N2O5/c1-27-18-10-17(11-19(12-18)28-2)22-16-4-3-9-23(13-16)20(24)14-5-7-15(8-6-14)21(25)26/h5-8,10-12,16,22H,3-4,9,13H2,1-2H3,(H,25,26). The normalized spacial score (nSPS) is 16.4. The van der Waals surface area contributed by atoms with Gasteiger partial charge in [0, 0.05) is 48.6 Å². The summed E-state index contributed by atoms with van der Waals surface area (Å²) in [4.78, 5) is 25.6. The lowest BCUT2D eigenvalue weighted by Crippen LogP contribution is -2.45. The predicted octanol–water partition coefficient (Wildman–Crippen LogP) is 3.12. The van der Waals surface area contributed by atoms with Crippen molar-refractivity contribution in [1.82, 2.24) is 4.90 Å². The maximum atomic E-state index is 12.8. The summed E-state index contributed by atoms with van der Waals surface area (Å²) in [5, 5.41) is 12.5. The number of methoxy groups -OCH3 is 2. The molecule has 1 saturated heterocycles. The van der Waals surface area contributed by atoms with Crippen molar-refractivity contribution >= 4 is 17.6 Å². The van der Waals surface area contributed by atoms with E-state index in [9.17, 15) is 9.59 Å². The van der Waals surface area contributed by atoms with Crippen LogP contribution in [0.2, 0.25) is 0 Å². The molecular formula is C21H24N2O5. The smallest absolute Gasteiger partial charge is 0.335 e. The average Bonchev–Trinajstić information content (AvgIpc) is 2.73. The van der Waals surface area contributed by atoms with Gasteiger partial charge in [-0.2, -0.15) is 0 Å². The van der Waals surface area contributed by atoms with E-state index < -0.39 is 5.97 Å². The Morgan fingerprint density at radius 3 is 2.21 bits per heavy atom. The fourth-order valence-electron chi connectivity index (χ4n) is 3.34. The number of aromatic carboxylic acids is 1. The quantitative estimate of drug-likeness (QED) is 0.796. The van der Waals surface area contributed by atoms with Crippen LogP contribution in [0.15, 0.2) is 42.5 Å². The van der Waals surface area contributed by atoms with E-state index in [2.05, 4.69) is 5.32 Å². The number of likely N-dealkylation sites (tertiary alicyclic amines) is 1. The van der Waals surface area contributed by atoms with Crippen molar-refractivity contribution in [3.05, 3.63) is 53.6 Å². The molecule has 1 heterocycles. The second kappa shape index (κ2) is 8.65. The van der Waals surface area contributed by atoms with Crippen LogP contribution in [0.5, 0.6) is 11.5 Å². The summed E-state index contributed by atoms with van der Waals surface area (Å²) >= 11 is 0. The minimum Gasteiger partial charge on any atom is -0.497 e. The lowest BCUT2D eigenvalue weighted by molar-refractivity contribution is 0.0690. The Morgan fingerprint density at radius 2 is 1.64 bits per heavy atom. The van der Waals surface area contributed by atoms with Gasteiger partial charge < -0.3 is 24.8 Å². The molecule has 2 N–H and O–H groups in total. The van der Waals surface area contributed by atoms with Gasteiger partial charge in [-0.3, -0.25) is 4.79 Å². The number of carboxylic acids is 1. The van der Waals surface area contributed by atoms with Crippen LogP contribution in [-0.2, 0) is 0 Å². The molecule has 1 aliphatic rings. The third kappa shape index (κ3) is 4.54. The minimum absolute atomic E-state index is 0.0911. The van der Waals surface area contributed by atoms with Crippen LogP contribution >= 0.6 is 0 Å². The molecule has 0 bridgehead atoms. The van der Waals surface area contributed by atoms with Crippen molar-refractivity contribution in [3.8, 4) is 11.5 Å². The molecule has 0 aromatic heterocycles. The molecule has 1 atom stereocenters. The van der Waals surface area contributed by atoms with Gasteiger partial charge in [-0.1, -0.05) is 0 Å². The summed E-state index contributed by atoms with van der Waals surface area (Å²) in [5.41, 5.74) is 1.54. The first-order chi connectivity index (χ1) is 13.5. The molecule has 1 fully saturated rings. The van der Waals surface area contributed by atoms with Gasteiger partial charge in [-0.15, -0.1) is 0 Å². The Balaban J connectivity index is 1.68. The van der Waals surface area contributed by atoms with Crippen LogP contribution in [0.4, 0.5) is 5.69 Å². The van der Waals surface area contributed by atoms with Gasteiger partial charge in [0.25, 0.3) is 5.91 Å². The van der Waals surface area contributed by atoms with Crippen LogP contribution in [0, 0.1) is 0 Å². The molecule has 1 unspecified atom stereocenters. The summed E-state index contributed by atoms with van der Waals surface area (Å²) in [6.45, 7) is 1.25. The molecule has 7 nitrogen and oxygen atoms in total. The molecule has 1 amide bonds. The number of hydrogen-bond acceptors (Lipinski definition) is 5. The maximum absolute atomic E-state index is 12.8. The molecular weight excluding hydrogens is 360 g/mol. The van der Waals surface area contributed by atoms with Gasteiger partial charge in [0.05, 0.1) is 19.8 Å². The summed E-state index contributed by atoms with van der Waals surface area (Å²) in [6, 6.07) is 11.7. The van der Waals surface area contributed by atoms with Crippen molar-refractivity contribution in [2.24, 2.45) is 0 Å². The van der Waals surface area contributed by atoms with Crippen molar-refractivity contribution in [2.45, 2.75) is 18.9 Å². The third-order valence-corrected chi connectivity index (χ3v) is 4.81. The SMILES string of the molecule is COc1cc(NC2CCCN(C(=O)c3ccc(C(=O)O)cc3)C2)cc(OC)c1. The molecule has 0 radical (unpaired) electrons. The zero-order valence-electron chi connectivity index (χ0n) is 16.0. The van der Waals surface area contributed by atoms with Gasteiger partial charge in [-0.25, -0.2) is 4.79 Å². The summed E-state index contributed by atoms with van der Waals surface area (Å²) in [5.74, 6) is 0.301. The van der Waals surface area contributed by atoms with Crippen LogP contribution in [-0.4, -0.2) is 55.2 Å². The van der Waals surface area contributed by atoms with Crippen molar-refractivity contribution in [2.75, 3.05) is 32.6 Å².